The van der Waals surface area contributed by atoms with Gasteiger partial charge in [-0.25, -0.2) is 4.39 Å². The van der Waals surface area contributed by atoms with Gasteiger partial charge in [-0.15, -0.1) is 0 Å². The zero-order chi connectivity index (χ0) is 17.0. The van der Waals surface area contributed by atoms with E-state index in [1.54, 1.807) is 12.1 Å². The van der Waals surface area contributed by atoms with Crippen LogP contribution in [0.3, 0.4) is 0 Å². The number of nitrogens with zero attached hydrogens (tertiary/aromatic N) is 2. The fraction of sp³-hybridized carbons (Fsp3) is 0.444. The van der Waals surface area contributed by atoms with Crippen molar-refractivity contribution in [1.82, 2.24) is 15.1 Å². The van der Waals surface area contributed by atoms with E-state index in [-0.39, 0.29) is 17.8 Å². The van der Waals surface area contributed by atoms with Gasteiger partial charge in [0.25, 0.3) is 0 Å². The van der Waals surface area contributed by atoms with E-state index in [1.165, 1.54) is 17.7 Å². The standard InChI is InChI=1S/C18H24FN3O/c1-5-17(15-6-8-16(19)9-7-15)20-18(23)10-11-22-14(4)12(2)13(3)21-22/h6-9,17H,5,10-11H2,1-4H3,(H,20,23)/t17-/m0/s1. The predicted octanol–water partition coefficient (Wildman–Crippen LogP) is 3.61. The smallest absolute Gasteiger partial charge is 0.222 e. The van der Waals surface area contributed by atoms with Crippen LogP contribution in [0.5, 0.6) is 0 Å². The van der Waals surface area contributed by atoms with E-state index in [4.69, 9.17) is 0 Å². The number of benzene rings is 1. The van der Waals surface area contributed by atoms with Crippen LogP contribution < -0.4 is 5.32 Å². The van der Waals surface area contributed by atoms with Crippen molar-refractivity contribution in [3.8, 4) is 0 Å². The van der Waals surface area contributed by atoms with Crippen molar-refractivity contribution in [2.45, 2.75) is 53.1 Å². The molecular formula is C18H24FN3O. The summed E-state index contributed by atoms with van der Waals surface area (Å²) in [6.45, 7) is 8.59. The molecular weight excluding hydrogens is 293 g/mol. The summed E-state index contributed by atoms with van der Waals surface area (Å²) in [5.41, 5.74) is 4.19. The Morgan fingerprint density at radius 3 is 2.43 bits per heavy atom. The molecule has 0 aliphatic carbocycles. The van der Waals surface area contributed by atoms with Crippen molar-refractivity contribution in [2.24, 2.45) is 0 Å². The zero-order valence-electron chi connectivity index (χ0n) is 14.2. The molecule has 0 saturated carbocycles. The van der Waals surface area contributed by atoms with E-state index in [9.17, 15) is 9.18 Å². The van der Waals surface area contributed by atoms with Crippen LogP contribution in [-0.2, 0) is 11.3 Å². The Bertz CT molecular complexity index is 676. The molecule has 0 bridgehead atoms. The molecule has 0 saturated heterocycles. The summed E-state index contributed by atoms with van der Waals surface area (Å²) in [5, 5.41) is 7.45. The van der Waals surface area contributed by atoms with Crippen LogP contribution >= 0.6 is 0 Å². The van der Waals surface area contributed by atoms with Gasteiger partial charge in [-0.3, -0.25) is 9.48 Å². The lowest BCUT2D eigenvalue weighted by atomic mass is 10.0. The highest BCUT2D eigenvalue weighted by Crippen LogP contribution is 2.17. The van der Waals surface area contributed by atoms with E-state index >= 15 is 0 Å². The highest BCUT2D eigenvalue weighted by Gasteiger charge is 2.14. The minimum atomic E-state index is -0.269. The highest BCUT2D eigenvalue weighted by atomic mass is 19.1. The number of carbonyl (C=O) groups is 1. The van der Waals surface area contributed by atoms with Crippen molar-refractivity contribution >= 4 is 5.91 Å². The molecule has 0 unspecified atom stereocenters. The summed E-state index contributed by atoms with van der Waals surface area (Å²) in [7, 11) is 0. The SMILES string of the molecule is CC[C@H](NC(=O)CCn1nc(C)c(C)c1C)c1ccc(F)cc1. The molecule has 1 amide bonds. The van der Waals surface area contributed by atoms with E-state index in [1.807, 2.05) is 32.4 Å². The third-order valence-corrected chi connectivity index (χ3v) is 4.31. The van der Waals surface area contributed by atoms with Crippen LogP contribution in [-0.4, -0.2) is 15.7 Å². The molecule has 0 aliphatic heterocycles. The van der Waals surface area contributed by atoms with Crippen LogP contribution in [0.4, 0.5) is 4.39 Å². The summed E-state index contributed by atoms with van der Waals surface area (Å²) in [4.78, 5) is 12.2. The first-order valence-corrected chi connectivity index (χ1v) is 7.97. The maximum atomic E-state index is 13.0. The molecule has 0 spiro atoms. The molecule has 1 aromatic carbocycles. The minimum Gasteiger partial charge on any atom is -0.349 e. The summed E-state index contributed by atoms with van der Waals surface area (Å²) >= 11 is 0. The first-order chi connectivity index (χ1) is 10.9. The van der Waals surface area contributed by atoms with Gasteiger partial charge in [0.2, 0.25) is 5.91 Å². The number of amides is 1. The summed E-state index contributed by atoms with van der Waals surface area (Å²) in [6, 6.07) is 6.18. The molecule has 1 aromatic heterocycles. The van der Waals surface area contributed by atoms with E-state index in [0.29, 0.717) is 13.0 Å². The Hall–Kier alpha value is -2.17. The Morgan fingerprint density at radius 2 is 1.91 bits per heavy atom. The number of rotatable bonds is 6. The zero-order valence-corrected chi connectivity index (χ0v) is 14.2. The first-order valence-electron chi connectivity index (χ1n) is 7.97. The summed E-state index contributed by atoms with van der Waals surface area (Å²) in [5.74, 6) is -0.291. The minimum absolute atomic E-state index is 0.0219. The molecule has 23 heavy (non-hydrogen) atoms. The average Bonchev–Trinajstić information content (AvgIpc) is 2.78. The largest absolute Gasteiger partial charge is 0.349 e. The Balaban J connectivity index is 1.95. The summed E-state index contributed by atoms with van der Waals surface area (Å²) < 4.78 is 14.9. The van der Waals surface area contributed by atoms with Crippen molar-refractivity contribution in [3.63, 3.8) is 0 Å². The van der Waals surface area contributed by atoms with Crippen LogP contribution in [0.15, 0.2) is 24.3 Å². The van der Waals surface area contributed by atoms with Crippen LogP contribution in [0.2, 0.25) is 0 Å². The van der Waals surface area contributed by atoms with Gasteiger partial charge in [0.15, 0.2) is 0 Å². The molecule has 1 atom stereocenters. The number of hydrogen-bond donors (Lipinski definition) is 1. The fourth-order valence-electron chi connectivity index (χ4n) is 2.59. The van der Waals surface area contributed by atoms with Crippen LogP contribution in [0, 0.1) is 26.6 Å². The van der Waals surface area contributed by atoms with Gasteiger partial charge in [-0.1, -0.05) is 19.1 Å². The Labute approximate surface area is 136 Å². The maximum Gasteiger partial charge on any atom is 0.222 e. The predicted molar refractivity (Wildman–Crippen MR) is 88.6 cm³/mol. The van der Waals surface area contributed by atoms with Crippen molar-refractivity contribution in [2.75, 3.05) is 0 Å². The van der Waals surface area contributed by atoms with E-state index < -0.39 is 0 Å². The van der Waals surface area contributed by atoms with Gasteiger partial charge in [-0.2, -0.15) is 5.10 Å². The lowest BCUT2D eigenvalue weighted by Crippen LogP contribution is -2.29. The Kier molecular flexibility index (Phi) is 5.53. The number of halogens is 1. The second kappa shape index (κ2) is 7.40. The van der Waals surface area contributed by atoms with Gasteiger partial charge >= 0.3 is 0 Å². The van der Waals surface area contributed by atoms with Crippen molar-refractivity contribution in [3.05, 3.63) is 52.6 Å². The second-order valence-electron chi connectivity index (χ2n) is 5.85. The number of aromatic nitrogens is 2. The van der Waals surface area contributed by atoms with Crippen molar-refractivity contribution in [1.29, 1.82) is 0 Å². The fourth-order valence-corrected chi connectivity index (χ4v) is 2.59. The molecule has 1 N–H and O–H groups in total. The first kappa shape index (κ1) is 17.2. The lowest BCUT2D eigenvalue weighted by molar-refractivity contribution is -0.122. The molecule has 124 valence electrons. The molecule has 2 rings (SSSR count). The molecule has 0 radical (unpaired) electrons. The molecule has 1 heterocycles. The molecule has 5 heteroatoms. The van der Waals surface area contributed by atoms with E-state index in [0.717, 1.165) is 23.4 Å². The number of hydrogen-bond acceptors (Lipinski definition) is 2. The normalized spacial score (nSPS) is 12.2. The third kappa shape index (κ3) is 4.18. The van der Waals surface area contributed by atoms with Gasteiger partial charge in [0.05, 0.1) is 11.7 Å². The van der Waals surface area contributed by atoms with E-state index in [2.05, 4.69) is 10.4 Å². The number of aryl methyl sites for hydroxylation is 2. The second-order valence-corrected chi connectivity index (χ2v) is 5.85. The summed E-state index contributed by atoms with van der Waals surface area (Å²) in [6.07, 6.45) is 1.13. The highest BCUT2D eigenvalue weighted by molar-refractivity contribution is 5.76. The van der Waals surface area contributed by atoms with Crippen LogP contribution in [0.25, 0.3) is 0 Å². The number of carbonyl (C=O) groups excluding carboxylic acids is 1. The number of nitrogens with one attached hydrogen (secondary N) is 1. The topological polar surface area (TPSA) is 46.9 Å². The van der Waals surface area contributed by atoms with Gasteiger partial charge in [0.1, 0.15) is 5.82 Å². The lowest BCUT2D eigenvalue weighted by Gasteiger charge is -2.17. The average molecular weight is 317 g/mol. The van der Waals surface area contributed by atoms with Gasteiger partial charge < -0.3 is 5.32 Å². The third-order valence-electron chi connectivity index (χ3n) is 4.31. The van der Waals surface area contributed by atoms with Crippen molar-refractivity contribution < 1.29 is 9.18 Å². The van der Waals surface area contributed by atoms with Gasteiger partial charge in [0, 0.05) is 18.7 Å². The maximum absolute atomic E-state index is 13.0. The molecule has 4 nitrogen and oxygen atoms in total. The Morgan fingerprint density at radius 1 is 1.26 bits per heavy atom. The monoisotopic (exact) mass is 317 g/mol. The van der Waals surface area contributed by atoms with Gasteiger partial charge in [-0.05, 0) is 50.5 Å². The van der Waals surface area contributed by atoms with Crippen LogP contribution in [0.1, 0.15) is 48.3 Å². The molecule has 2 aromatic rings. The molecule has 0 fully saturated rings. The molecule has 0 aliphatic rings. The quantitative estimate of drug-likeness (QED) is 0.885.